The second kappa shape index (κ2) is 7.19. The van der Waals surface area contributed by atoms with E-state index in [1.807, 2.05) is 31.2 Å². The van der Waals surface area contributed by atoms with Crippen molar-refractivity contribution in [3.63, 3.8) is 0 Å². The number of methoxy groups -OCH3 is 1. The molecule has 3 rings (SSSR count). The third kappa shape index (κ3) is 3.68. The predicted molar refractivity (Wildman–Crippen MR) is 103 cm³/mol. The van der Waals surface area contributed by atoms with Gasteiger partial charge in [0.25, 0.3) is 0 Å². The van der Waals surface area contributed by atoms with Crippen LogP contribution in [0, 0.1) is 6.92 Å². The maximum absolute atomic E-state index is 5.37. The van der Waals surface area contributed by atoms with Crippen molar-refractivity contribution in [2.24, 2.45) is 0 Å². The fourth-order valence-corrected chi connectivity index (χ4v) is 4.10. The van der Waals surface area contributed by atoms with Crippen molar-refractivity contribution in [1.29, 1.82) is 0 Å². The summed E-state index contributed by atoms with van der Waals surface area (Å²) in [5.74, 6) is 0.798. The summed E-state index contributed by atoms with van der Waals surface area (Å²) in [6, 6.07) is 8.18. The Balaban J connectivity index is 1.82. The van der Waals surface area contributed by atoms with Crippen LogP contribution in [-0.4, -0.2) is 23.1 Å². The lowest BCUT2D eigenvalue weighted by molar-refractivity contribution is 0.417. The fourth-order valence-electron chi connectivity index (χ4n) is 2.24. The summed E-state index contributed by atoms with van der Waals surface area (Å²) >= 11 is 3.21. The average molecular weight is 361 g/mol. The van der Waals surface area contributed by atoms with Gasteiger partial charge in [-0.2, -0.15) is 0 Å². The molecule has 0 aliphatic rings. The zero-order valence-electron chi connectivity index (χ0n) is 14.1. The number of nitrogens with one attached hydrogen (secondary N) is 2. The number of rotatable bonds is 6. The van der Waals surface area contributed by atoms with Gasteiger partial charge in [-0.25, -0.2) is 9.97 Å². The molecule has 0 spiro atoms. The molecule has 0 aliphatic heterocycles. The van der Waals surface area contributed by atoms with Gasteiger partial charge in [-0.1, -0.05) is 23.5 Å². The lowest BCUT2D eigenvalue weighted by Crippen LogP contribution is -2.08. The molecule has 0 saturated carbocycles. The molecule has 24 heavy (non-hydrogen) atoms. The molecule has 2 aromatic heterocycles. The van der Waals surface area contributed by atoms with Crippen LogP contribution < -0.4 is 15.4 Å². The monoisotopic (exact) mass is 360 g/mol. The molecule has 5 nitrogen and oxygen atoms in total. The third-order valence-corrected chi connectivity index (χ3v) is 5.16. The highest BCUT2D eigenvalue weighted by molar-refractivity contribution is 7.19. The van der Waals surface area contributed by atoms with Gasteiger partial charge >= 0.3 is 0 Å². The van der Waals surface area contributed by atoms with Crippen molar-refractivity contribution < 1.29 is 4.74 Å². The van der Waals surface area contributed by atoms with Crippen LogP contribution in [-0.2, 0) is 0 Å². The first-order valence-corrected chi connectivity index (χ1v) is 9.36. The Hall–Kier alpha value is -2.12. The van der Waals surface area contributed by atoms with Gasteiger partial charge in [0.05, 0.1) is 29.1 Å². The van der Waals surface area contributed by atoms with Gasteiger partial charge in [0.2, 0.25) is 0 Å². The molecule has 1 aromatic carbocycles. The van der Waals surface area contributed by atoms with E-state index in [0.29, 0.717) is 6.04 Å². The normalized spacial score (nSPS) is 10.9. The van der Waals surface area contributed by atoms with Crippen molar-refractivity contribution in [2.45, 2.75) is 26.8 Å². The van der Waals surface area contributed by atoms with Crippen molar-refractivity contribution in [1.82, 2.24) is 9.97 Å². The molecule has 3 aromatic rings. The summed E-state index contributed by atoms with van der Waals surface area (Å²) in [6.45, 7) is 6.23. The lowest BCUT2D eigenvalue weighted by atomic mass is 10.3. The Labute approximate surface area is 149 Å². The van der Waals surface area contributed by atoms with Gasteiger partial charge in [-0.05, 0) is 32.9 Å². The van der Waals surface area contributed by atoms with Gasteiger partial charge in [0.15, 0.2) is 10.3 Å². The van der Waals surface area contributed by atoms with Crippen LogP contribution in [0.4, 0.5) is 16.0 Å². The van der Waals surface area contributed by atoms with Crippen molar-refractivity contribution in [3.05, 3.63) is 35.3 Å². The van der Waals surface area contributed by atoms with E-state index in [9.17, 15) is 0 Å². The number of aromatic nitrogens is 2. The molecule has 2 heterocycles. The van der Waals surface area contributed by atoms with Gasteiger partial charge in [0.1, 0.15) is 5.75 Å². The molecule has 0 bridgehead atoms. The Kier molecular flexibility index (Phi) is 5.01. The molecule has 126 valence electrons. The minimum Gasteiger partial charge on any atom is -0.495 e. The standard InChI is InChI=1S/C17H20N4OS2/c1-10(2)18-17-19-11(3)15(24-17)13-9-23-16(21-13)20-12-7-5-6-8-14(12)22-4/h5-10H,1-4H3,(H,18,19)(H,20,21). The summed E-state index contributed by atoms with van der Waals surface area (Å²) in [5.41, 5.74) is 2.85. The molecular formula is C17H20N4OS2. The van der Waals surface area contributed by atoms with E-state index in [1.54, 1.807) is 29.8 Å². The van der Waals surface area contributed by atoms with Gasteiger partial charge in [0, 0.05) is 11.4 Å². The number of nitrogens with zero attached hydrogens (tertiary/aromatic N) is 2. The fraction of sp³-hybridized carbons (Fsp3) is 0.294. The number of para-hydroxylation sites is 2. The van der Waals surface area contributed by atoms with Crippen LogP contribution >= 0.6 is 22.7 Å². The quantitative estimate of drug-likeness (QED) is 0.637. The Bertz CT molecular complexity index is 826. The molecule has 0 radical (unpaired) electrons. The van der Waals surface area contributed by atoms with Crippen molar-refractivity contribution in [3.8, 4) is 16.3 Å². The van der Waals surface area contributed by atoms with Crippen LogP contribution in [0.2, 0.25) is 0 Å². The minimum absolute atomic E-state index is 0.363. The topological polar surface area (TPSA) is 59.1 Å². The number of thiazole rings is 2. The van der Waals surface area contributed by atoms with Crippen LogP contribution in [0.25, 0.3) is 10.6 Å². The molecular weight excluding hydrogens is 340 g/mol. The van der Waals surface area contributed by atoms with E-state index in [1.165, 1.54) is 0 Å². The lowest BCUT2D eigenvalue weighted by Gasteiger charge is -2.07. The number of benzene rings is 1. The number of ether oxygens (including phenoxy) is 1. The maximum Gasteiger partial charge on any atom is 0.187 e. The molecule has 0 fully saturated rings. The average Bonchev–Trinajstić information content (AvgIpc) is 3.14. The third-order valence-electron chi connectivity index (χ3n) is 3.29. The Morgan fingerprint density at radius 3 is 2.67 bits per heavy atom. The first-order valence-electron chi connectivity index (χ1n) is 7.66. The molecule has 0 saturated heterocycles. The van der Waals surface area contributed by atoms with E-state index in [0.717, 1.165) is 38.0 Å². The van der Waals surface area contributed by atoms with E-state index in [4.69, 9.17) is 9.72 Å². The summed E-state index contributed by atoms with van der Waals surface area (Å²) in [4.78, 5) is 10.4. The molecule has 0 unspecified atom stereocenters. The molecule has 0 amide bonds. The Morgan fingerprint density at radius 2 is 1.92 bits per heavy atom. The van der Waals surface area contributed by atoms with Crippen LogP contribution in [0.15, 0.2) is 29.6 Å². The predicted octanol–water partition coefficient (Wildman–Crippen LogP) is 5.15. The smallest absolute Gasteiger partial charge is 0.187 e. The number of aryl methyl sites for hydroxylation is 1. The molecule has 2 N–H and O–H groups in total. The second-order valence-electron chi connectivity index (χ2n) is 5.60. The molecule has 7 heteroatoms. The highest BCUT2D eigenvalue weighted by Crippen LogP contribution is 2.36. The van der Waals surface area contributed by atoms with Gasteiger partial charge in [-0.3, -0.25) is 0 Å². The molecule has 0 aliphatic carbocycles. The SMILES string of the molecule is COc1ccccc1Nc1nc(-c2sc(NC(C)C)nc2C)cs1. The number of hydrogen-bond acceptors (Lipinski definition) is 7. The summed E-state index contributed by atoms with van der Waals surface area (Å²) in [6.07, 6.45) is 0. The zero-order chi connectivity index (χ0) is 17.1. The second-order valence-corrected chi connectivity index (χ2v) is 7.45. The van der Waals surface area contributed by atoms with Crippen LogP contribution in [0.1, 0.15) is 19.5 Å². The summed E-state index contributed by atoms with van der Waals surface area (Å²) < 4.78 is 5.37. The number of hydrogen-bond donors (Lipinski definition) is 2. The zero-order valence-corrected chi connectivity index (χ0v) is 15.7. The summed E-state index contributed by atoms with van der Waals surface area (Å²) in [5, 5.41) is 10.5. The van der Waals surface area contributed by atoms with E-state index >= 15 is 0 Å². The number of anilines is 3. The van der Waals surface area contributed by atoms with Gasteiger partial charge in [-0.15, -0.1) is 11.3 Å². The van der Waals surface area contributed by atoms with E-state index in [-0.39, 0.29) is 0 Å². The first kappa shape index (κ1) is 16.7. The van der Waals surface area contributed by atoms with E-state index in [2.05, 4.69) is 34.8 Å². The van der Waals surface area contributed by atoms with Gasteiger partial charge < -0.3 is 15.4 Å². The highest BCUT2D eigenvalue weighted by Gasteiger charge is 2.14. The van der Waals surface area contributed by atoms with Crippen molar-refractivity contribution >= 4 is 38.6 Å². The van der Waals surface area contributed by atoms with E-state index < -0.39 is 0 Å². The van der Waals surface area contributed by atoms with Crippen LogP contribution in [0.5, 0.6) is 5.75 Å². The summed E-state index contributed by atoms with van der Waals surface area (Å²) in [7, 11) is 1.66. The molecule has 0 atom stereocenters. The Morgan fingerprint density at radius 1 is 1.12 bits per heavy atom. The first-order chi connectivity index (χ1) is 11.6. The van der Waals surface area contributed by atoms with Crippen LogP contribution in [0.3, 0.4) is 0 Å². The maximum atomic E-state index is 5.37. The van der Waals surface area contributed by atoms with Crippen molar-refractivity contribution in [2.75, 3.05) is 17.7 Å². The minimum atomic E-state index is 0.363. The largest absolute Gasteiger partial charge is 0.495 e. The highest BCUT2D eigenvalue weighted by atomic mass is 32.1.